The van der Waals surface area contributed by atoms with Gasteiger partial charge in [0.2, 0.25) is 0 Å². The largest absolute Gasteiger partial charge is 0.484 e. The van der Waals surface area contributed by atoms with Gasteiger partial charge in [-0.15, -0.1) is 0 Å². The van der Waals surface area contributed by atoms with Gasteiger partial charge in [-0.2, -0.15) is 0 Å². The maximum Gasteiger partial charge on any atom is 0.317 e. The molecule has 2 aromatic rings. The second-order valence-electron chi connectivity index (χ2n) is 4.72. The third-order valence-electron chi connectivity index (χ3n) is 3.48. The minimum Gasteiger partial charge on any atom is -0.484 e. The Morgan fingerprint density at radius 1 is 1.10 bits per heavy atom. The highest BCUT2D eigenvalue weighted by Crippen LogP contribution is 2.46. The van der Waals surface area contributed by atoms with Gasteiger partial charge in [0.05, 0.1) is 6.61 Å². The SMILES string of the molecule is CCOC(=O)[C@H]1c2ccccc2O[C@@H]1c1ccccc1. The Labute approximate surface area is 118 Å². The van der Waals surface area contributed by atoms with Crippen molar-refractivity contribution in [2.45, 2.75) is 18.9 Å². The van der Waals surface area contributed by atoms with Crippen LogP contribution in [0.25, 0.3) is 0 Å². The molecule has 3 heteroatoms. The topological polar surface area (TPSA) is 35.5 Å². The van der Waals surface area contributed by atoms with E-state index in [0.29, 0.717) is 6.61 Å². The molecule has 3 nitrogen and oxygen atoms in total. The average Bonchev–Trinajstić information content (AvgIpc) is 2.88. The molecule has 1 heterocycles. The summed E-state index contributed by atoms with van der Waals surface area (Å²) in [6.45, 7) is 2.19. The maximum atomic E-state index is 12.3. The molecule has 2 atom stereocenters. The van der Waals surface area contributed by atoms with Gasteiger partial charge in [-0.05, 0) is 18.6 Å². The predicted octanol–water partition coefficient (Wildman–Crippen LogP) is 3.47. The van der Waals surface area contributed by atoms with Crippen molar-refractivity contribution in [1.82, 2.24) is 0 Å². The molecular weight excluding hydrogens is 252 g/mol. The van der Waals surface area contributed by atoms with E-state index in [4.69, 9.17) is 9.47 Å². The molecule has 0 amide bonds. The number of para-hydroxylation sites is 1. The van der Waals surface area contributed by atoms with Crippen molar-refractivity contribution >= 4 is 5.97 Å². The fourth-order valence-corrected chi connectivity index (χ4v) is 2.60. The number of rotatable bonds is 3. The molecule has 102 valence electrons. The number of carbonyl (C=O) groups is 1. The highest BCUT2D eigenvalue weighted by atomic mass is 16.5. The van der Waals surface area contributed by atoms with Crippen LogP contribution in [0.15, 0.2) is 54.6 Å². The van der Waals surface area contributed by atoms with Crippen LogP contribution >= 0.6 is 0 Å². The quantitative estimate of drug-likeness (QED) is 0.800. The van der Waals surface area contributed by atoms with Crippen LogP contribution < -0.4 is 4.74 Å². The zero-order valence-corrected chi connectivity index (χ0v) is 11.3. The second-order valence-corrected chi connectivity index (χ2v) is 4.72. The van der Waals surface area contributed by atoms with E-state index in [1.165, 1.54) is 0 Å². The summed E-state index contributed by atoms with van der Waals surface area (Å²) in [7, 11) is 0. The maximum absolute atomic E-state index is 12.3. The monoisotopic (exact) mass is 268 g/mol. The van der Waals surface area contributed by atoms with Crippen molar-refractivity contribution in [3.8, 4) is 5.75 Å². The third kappa shape index (κ3) is 2.16. The van der Waals surface area contributed by atoms with E-state index in [1.54, 1.807) is 0 Å². The Morgan fingerprint density at radius 2 is 1.80 bits per heavy atom. The van der Waals surface area contributed by atoms with Crippen LogP contribution in [0.2, 0.25) is 0 Å². The molecule has 0 bridgehead atoms. The fraction of sp³-hybridized carbons (Fsp3) is 0.235. The van der Waals surface area contributed by atoms with Crippen LogP contribution in [0.1, 0.15) is 30.1 Å². The molecule has 0 saturated carbocycles. The van der Waals surface area contributed by atoms with Gasteiger partial charge in [-0.25, -0.2) is 0 Å². The minimum atomic E-state index is -0.395. The third-order valence-corrected chi connectivity index (χ3v) is 3.48. The molecule has 2 aromatic carbocycles. The first-order valence-corrected chi connectivity index (χ1v) is 6.78. The summed E-state index contributed by atoms with van der Waals surface area (Å²) in [6.07, 6.45) is -0.312. The summed E-state index contributed by atoms with van der Waals surface area (Å²) in [5, 5.41) is 0. The van der Waals surface area contributed by atoms with Crippen LogP contribution in [-0.2, 0) is 9.53 Å². The molecular formula is C17H16O3. The summed E-state index contributed by atoms with van der Waals surface area (Å²) in [5.41, 5.74) is 1.89. The molecule has 0 saturated heterocycles. The van der Waals surface area contributed by atoms with E-state index in [2.05, 4.69) is 0 Å². The van der Waals surface area contributed by atoms with E-state index in [1.807, 2.05) is 61.5 Å². The van der Waals surface area contributed by atoms with Gasteiger partial charge in [0.25, 0.3) is 0 Å². The van der Waals surface area contributed by atoms with Crippen LogP contribution in [0, 0.1) is 0 Å². The number of carbonyl (C=O) groups excluding carboxylic acids is 1. The molecule has 1 aliphatic rings. The first-order chi connectivity index (χ1) is 9.81. The molecule has 0 radical (unpaired) electrons. The van der Waals surface area contributed by atoms with Crippen LogP contribution in [0.5, 0.6) is 5.75 Å². The number of hydrogen-bond donors (Lipinski definition) is 0. The van der Waals surface area contributed by atoms with Crippen LogP contribution in [0.3, 0.4) is 0 Å². The minimum absolute atomic E-state index is 0.230. The Kier molecular flexibility index (Phi) is 3.42. The smallest absolute Gasteiger partial charge is 0.317 e. The number of fused-ring (bicyclic) bond motifs is 1. The van der Waals surface area contributed by atoms with E-state index < -0.39 is 5.92 Å². The molecule has 20 heavy (non-hydrogen) atoms. The first-order valence-electron chi connectivity index (χ1n) is 6.78. The summed E-state index contributed by atoms with van der Waals surface area (Å²) in [4.78, 5) is 12.3. The standard InChI is InChI=1S/C17H16O3/c1-2-19-17(18)15-13-10-6-7-11-14(13)20-16(15)12-8-4-3-5-9-12/h3-11,15-16H,2H2,1H3/t15-,16+/m0/s1. The van der Waals surface area contributed by atoms with E-state index in [0.717, 1.165) is 16.9 Å². The average molecular weight is 268 g/mol. The van der Waals surface area contributed by atoms with Gasteiger partial charge in [0.1, 0.15) is 17.8 Å². The first kappa shape index (κ1) is 12.7. The number of hydrogen-bond acceptors (Lipinski definition) is 3. The molecule has 1 aliphatic heterocycles. The molecule has 0 aromatic heterocycles. The van der Waals surface area contributed by atoms with Gasteiger partial charge in [0, 0.05) is 5.56 Å². The lowest BCUT2D eigenvalue weighted by Gasteiger charge is -2.18. The van der Waals surface area contributed by atoms with Crippen molar-refractivity contribution in [3.63, 3.8) is 0 Å². The molecule has 0 unspecified atom stereocenters. The predicted molar refractivity (Wildman–Crippen MR) is 75.6 cm³/mol. The van der Waals surface area contributed by atoms with Gasteiger partial charge in [0.15, 0.2) is 0 Å². The summed E-state index contributed by atoms with van der Waals surface area (Å²) in [5.74, 6) is 0.138. The zero-order valence-electron chi connectivity index (χ0n) is 11.3. The second kappa shape index (κ2) is 5.37. The zero-order chi connectivity index (χ0) is 13.9. The Balaban J connectivity index is 2.01. The van der Waals surface area contributed by atoms with Crippen molar-refractivity contribution in [3.05, 3.63) is 65.7 Å². The molecule has 0 fully saturated rings. The Hall–Kier alpha value is -2.29. The van der Waals surface area contributed by atoms with Crippen molar-refractivity contribution in [1.29, 1.82) is 0 Å². The Morgan fingerprint density at radius 3 is 2.55 bits per heavy atom. The van der Waals surface area contributed by atoms with E-state index >= 15 is 0 Å². The van der Waals surface area contributed by atoms with E-state index in [9.17, 15) is 4.79 Å². The number of benzene rings is 2. The van der Waals surface area contributed by atoms with Gasteiger partial charge < -0.3 is 9.47 Å². The van der Waals surface area contributed by atoms with Gasteiger partial charge in [-0.1, -0.05) is 48.5 Å². The summed E-state index contributed by atoms with van der Waals surface area (Å²) >= 11 is 0. The van der Waals surface area contributed by atoms with Gasteiger partial charge in [-0.3, -0.25) is 4.79 Å². The Bertz CT molecular complexity index is 607. The lowest BCUT2D eigenvalue weighted by atomic mass is 9.91. The van der Waals surface area contributed by atoms with Gasteiger partial charge >= 0.3 is 5.97 Å². The highest BCUT2D eigenvalue weighted by Gasteiger charge is 2.41. The fourth-order valence-electron chi connectivity index (χ4n) is 2.60. The van der Waals surface area contributed by atoms with Crippen LogP contribution in [0.4, 0.5) is 0 Å². The lowest BCUT2D eigenvalue weighted by Crippen LogP contribution is -2.21. The van der Waals surface area contributed by atoms with E-state index in [-0.39, 0.29) is 12.1 Å². The normalized spacial score (nSPS) is 20.1. The molecule has 0 spiro atoms. The van der Waals surface area contributed by atoms with Crippen molar-refractivity contribution in [2.24, 2.45) is 0 Å². The summed E-state index contributed by atoms with van der Waals surface area (Å²) in [6, 6.07) is 17.4. The van der Waals surface area contributed by atoms with Crippen molar-refractivity contribution < 1.29 is 14.3 Å². The molecule has 3 rings (SSSR count). The highest BCUT2D eigenvalue weighted by molar-refractivity contribution is 5.81. The lowest BCUT2D eigenvalue weighted by molar-refractivity contribution is -0.146. The van der Waals surface area contributed by atoms with Crippen molar-refractivity contribution in [2.75, 3.05) is 6.61 Å². The molecule has 0 N–H and O–H groups in total. The summed E-state index contributed by atoms with van der Waals surface area (Å²) < 4.78 is 11.2. The number of ether oxygens (including phenoxy) is 2. The number of esters is 1. The van der Waals surface area contributed by atoms with Crippen LogP contribution in [-0.4, -0.2) is 12.6 Å². The molecule has 0 aliphatic carbocycles.